The molecule has 0 saturated carbocycles. The van der Waals surface area contributed by atoms with Crippen molar-refractivity contribution in [3.63, 3.8) is 0 Å². The van der Waals surface area contributed by atoms with E-state index in [-0.39, 0.29) is 0 Å². The maximum atomic E-state index is 10.4. The molecule has 0 atom stereocenters. The third-order valence-electron chi connectivity index (χ3n) is 0.992. The summed E-state index contributed by atoms with van der Waals surface area (Å²) in [6, 6.07) is 0. The van der Waals surface area contributed by atoms with Crippen molar-refractivity contribution in [1.82, 2.24) is 0 Å². The summed E-state index contributed by atoms with van der Waals surface area (Å²) in [5, 5.41) is 16.5. The third-order valence-corrected chi connectivity index (χ3v) is 0.992. The first kappa shape index (κ1) is 9.33. The molecule has 0 fully saturated rings. The molecule has 2 N–H and O–H groups in total. The van der Waals surface area contributed by atoms with Gasteiger partial charge in [-0.3, -0.25) is 4.79 Å². The van der Waals surface area contributed by atoms with E-state index < -0.39 is 12.1 Å². The summed E-state index contributed by atoms with van der Waals surface area (Å²) < 4.78 is 0. The van der Waals surface area contributed by atoms with E-state index in [1.807, 2.05) is 6.92 Å². The van der Waals surface area contributed by atoms with E-state index >= 15 is 0 Å². The minimum absolute atomic E-state index is 0.659. The summed E-state index contributed by atoms with van der Waals surface area (Å²) in [6.45, 7) is 1.98. The number of aliphatic hydroxyl groups is 2. The topological polar surface area (TPSA) is 57.5 Å². The Morgan fingerprint density at radius 1 is 1.60 bits per heavy atom. The van der Waals surface area contributed by atoms with Gasteiger partial charge in [-0.15, -0.1) is 0 Å². The van der Waals surface area contributed by atoms with Crippen LogP contribution < -0.4 is 0 Å². The van der Waals surface area contributed by atoms with Crippen LogP contribution in [0, 0.1) is 0 Å². The predicted molar refractivity (Wildman–Crippen MR) is 37.3 cm³/mol. The molecule has 0 aliphatic rings. The van der Waals surface area contributed by atoms with Gasteiger partial charge in [0.05, 0.1) is 0 Å². The number of aliphatic hydroxyl groups excluding tert-OH is 1. The van der Waals surface area contributed by atoms with Gasteiger partial charge in [0, 0.05) is 0 Å². The fourth-order valence-corrected chi connectivity index (χ4v) is 0.452. The Bertz CT molecular complexity index is 127. The lowest BCUT2D eigenvalue weighted by atomic mass is 10.2. The van der Waals surface area contributed by atoms with Crippen molar-refractivity contribution < 1.29 is 15.0 Å². The zero-order valence-electron chi connectivity index (χ0n) is 5.95. The molecule has 10 heavy (non-hydrogen) atoms. The molecule has 0 radical (unpaired) electrons. The van der Waals surface area contributed by atoms with Crippen molar-refractivity contribution in [1.29, 1.82) is 0 Å². The van der Waals surface area contributed by atoms with Crippen LogP contribution in [0.25, 0.3) is 0 Å². The molecule has 58 valence electrons. The molecule has 0 unspecified atom stereocenters. The van der Waals surface area contributed by atoms with Gasteiger partial charge in [0.15, 0.2) is 0 Å². The number of hydrogen-bond donors (Lipinski definition) is 2. The third kappa shape index (κ3) is 4.23. The fourth-order valence-electron chi connectivity index (χ4n) is 0.452. The van der Waals surface area contributed by atoms with Gasteiger partial charge in [0.1, 0.15) is 0 Å². The zero-order chi connectivity index (χ0) is 7.98. The lowest BCUT2D eigenvalue weighted by Gasteiger charge is -1.93. The van der Waals surface area contributed by atoms with Crippen molar-refractivity contribution in [2.24, 2.45) is 0 Å². The van der Waals surface area contributed by atoms with Crippen molar-refractivity contribution in [2.75, 3.05) is 0 Å². The fraction of sp³-hybridized carbons (Fsp3) is 0.571. The molecule has 0 aromatic heterocycles. The maximum absolute atomic E-state index is 10.4. The number of carbonyl (C=O) groups is 1. The highest BCUT2D eigenvalue weighted by atomic mass is 16.5. The van der Waals surface area contributed by atoms with Crippen molar-refractivity contribution in [3.8, 4) is 0 Å². The summed E-state index contributed by atoms with van der Waals surface area (Å²) in [6.07, 6.45) is 2.70. The smallest absolute Gasteiger partial charge is 0.216 e. The predicted octanol–water partition coefficient (Wildman–Crippen LogP) is 0.223. The molecule has 3 heteroatoms. The Morgan fingerprint density at radius 2 is 2.20 bits per heavy atom. The van der Waals surface area contributed by atoms with Crippen LogP contribution in [0.1, 0.15) is 19.8 Å². The maximum Gasteiger partial charge on any atom is 0.216 e. The molecule has 0 aromatic carbocycles. The second kappa shape index (κ2) is 5.14. The van der Waals surface area contributed by atoms with Gasteiger partial charge in [-0.2, -0.15) is 0 Å². The molecule has 0 heterocycles. The van der Waals surface area contributed by atoms with Gasteiger partial charge in [0.25, 0.3) is 0 Å². The van der Waals surface area contributed by atoms with E-state index in [0.717, 1.165) is 12.8 Å². The van der Waals surface area contributed by atoms with Gasteiger partial charge in [-0.1, -0.05) is 19.4 Å². The van der Waals surface area contributed by atoms with E-state index in [1.54, 1.807) is 6.08 Å². The minimum atomic E-state index is -1.85. The lowest BCUT2D eigenvalue weighted by Crippen LogP contribution is -2.16. The van der Waals surface area contributed by atoms with E-state index in [0.29, 0.717) is 0 Å². The second-order valence-corrected chi connectivity index (χ2v) is 1.97. The normalized spacial score (nSPS) is 11.2. The monoisotopic (exact) mass is 144 g/mol. The Kier molecular flexibility index (Phi) is 4.80. The summed E-state index contributed by atoms with van der Waals surface area (Å²) in [5.41, 5.74) is 0. The highest BCUT2D eigenvalue weighted by molar-refractivity contribution is 5.91. The minimum Gasteiger partial charge on any atom is -0.362 e. The Labute approximate surface area is 60.0 Å². The standard InChI is InChI=1S/C7H12O3/c1-2-3-4-5-6(8)7(9)10/h4-5,7,9-10H,2-3H2,1H3. The first-order valence-corrected chi connectivity index (χ1v) is 3.25. The van der Waals surface area contributed by atoms with E-state index in [2.05, 4.69) is 0 Å². The van der Waals surface area contributed by atoms with E-state index in [4.69, 9.17) is 10.2 Å². The molecule has 3 nitrogen and oxygen atoms in total. The van der Waals surface area contributed by atoms with Gasteiger partial charge in [0.2, 0.25) is 12.1 Å². The molecule has 0 amide bonds. The average molecular weight is 144 g/mol. The summed E-state index contributed by atoms with van der Waals surface area (Å²) >= 11 is 0. The van der Waals surface area contributed by atoms with Crippen LogP contribution in [0.3, 0.4) is 0 Å². The molecule has 0 saturated heterocycles. The average Bonchev–Trinajstić information content (AvgIpc) is 1.88. The first-order valence-electron chi connectivity index (χ1n) is 3.25. The largest absolute Gasteiger partial charge is 0.362 e. The quantitative estimate of drug-likeness (QED) is 0.438. The SMILES string of the molecule is CCCC=CC(=O)C(O)O. The van der Waals surface area contributed by atoms with Crippen LogP contribution in [-0.4, -0.2) is 22.3 Å². The molecule has 0 rings (SSSR count). The second-order valence-electron chi connectivity index (χ2n) is 1.97. The molecule has 0 aromatic rings. The number of hydrogen-bond acceptors (Lipinski definition) is 3. The molecular formula is C7H12O3. The van der Waals surface area contributed by atoms with Crippen LogP contribution >= 0.6 is 0 Å². The first-order chi connectivity index (χ1) is 4.68. The Morgan fingerprint density at radius 3 is 2.60 bits per heavy atom. The number of carbonyl (C=O) groups excluding carboxylic acids is 1. The Balaban J connectivity index is 3.56. The molecule has 0 spiro atoms. The van der Waals surface area contributed by atoms with Gasteiger partial charge in [-0.25, -0.2) is 0 Å². The van der Waals surface area contributed by atoms with Crippen LogP contribution in [0.15, 0.2) is 12.2 Å². The summed E-state index contributed by atoms with van der Waals surface area (Å²) in [5.74, 6) is -0.659. The van der Waals surface area contributed by atoms with Crippen LogP contribution in [0.2, 0.25) is 0 Å². The molecule has 0 bridgehead atoms. The van der Waals surface area contributed by atoms with Crippen molar-refractivity contribution in [3.05, 3.63) is 12.2 Å². The van der Waals surface area contributed by atoms with E-state index in [1.165, 1.54) is 6.08 Å². The van der Waals surface area contributed by atoms with Gasteiger partial charge in [-0.05, 0) is 12.5 Å². The van der Waals surface area contributed by atoms with Gasteiger partial charge < -0.3 is 10.2 Å². The summed E-state index contributed by atoms with van der Waals surface area (Å²) in [7, 11) is 0. The number of ketones is 1. The highest BCUT2D eigenvalue weighted by Crippen LogP contribution is 1.90. The molecular weight excluding hydrogens is 132 g/mol. The molecule has 0 aliphatic carbocycles. The van der Waals surface area contributed by atoms with Gasteiger partial charge >= 0.3 is 0 Å². The number of unbranched alkanes of at least 4 members (excludes halogenated alkanes) is 1. The molecule has 0 aliphatic heterocycles. The zero-order valence-corrected chi connectivity index (χ0v) is 5.95. The van der Waals surface area contributed by atoms with E-state index in [9.17, 15) is 4.79 Å². The lowest BCUT2D eigenvalue weighted by molar-refractivity contribution is -0.139. The van der Waals surface area contributed by atoms with Crippen LogP contribution in [-0.2, 0) is 4.79 Å². The highest BCUT2D eigenvalue weighted by Gasteiger charge is 2.04. The van der Waals surface area contributed by atoms with Crippen molar-refractivity contribution in [2.45, 2.75) is 26.1 Å². The number of allylic oxidation sites excluding steroid dienone is 1. The number of rotatable bonds is 4. The van der Waals surface area contributed by atoms with Crippen LogP contribution in [0.4, 0.5) is 0 Å². The van der Waals surface area contributed by atoms with Crippen LogP contribution in [0.5, 0.6) is 0 Å². The van der Waals surface area contributed by atoms with Crippen molar-refractivity contribution >= 4 is 5.78 Å². The summed E-state index contributed by atoms with van der Waals surface area (Å²) in [4.78, 5) is 10.4. The Hall–Kier alpha value is -0.670.